The molecule has 1 heteroatoms. The lowest BCUT2D eigenvalue weighted by atomic mass is 10.1. The fraction of sp³-hybridized carbons (Fsp3) is 0.308. The van der Waals surface area contributed by atoms with Gasteiger partial charge in [-0.15, -0.1) is 5.73 Å². The molecule has 0 aliphatic heterocycles. The Labute approximate surface area is 86.2 Å². The Bertz CT molecular complexity index is 324. The van der Waals surface area contributed by atoms with E-state index in [0.717, 1.165) is 0 Å². The average molecular weight is 187 g/mol. The quantitative estimate of drug-likeness (QED) is 0.701. The zero-order valence-corrected chi connectivity index (χ0v) is 9.04. The van der Waals surface area contributed by atoms with Crippen LogP contribution in [0.3, 0.4) is 0 Å². The Morgan fingerprint density at radius 2 is 1.79 bits per heavy atom. The molecule has 0 spiro atoms. The van der Waals surface area contributed by atoms with Crippen molar-refractivity contribution < 1.29 is 0 Å². The van der Waals surface area contributed by atoms with E-state index in [9.17, 15) is 0 Å². The highest BCUT2D eigenvalue weighted by Gasteiger charge is 2.03. The molecule has 1 aromatic carbocycles. The van der Waals surface area contributed by atoms with E-state index in [-0.39, 0.29) is 5.54 Å². The molecule has 0 fully saturated rings. The van der Waals surface area contributed by atoms with Crippen LogP contribution in [-0.2, 0) is 0 Å². The van der Waals surface area contributed by atoms with E-state index >= 15 is 0 Å². The van der Waals surface area contributed by atoms with Crippen molar-refractivity contribution in [2.45, 2.75) is 26.3 Å². The Kier molecular flexibility index (Phi) is 3.55. The van der Waals surface area contributed by atoms with E-state index in [1.165, 1.54) is 5.56 Å². The van der Waals surface area contributed by atoms with Crippen LogP contribution >= 0.6 is 0 Å². The molecule has 74 valence electrons. The van der Waals surface area contributed by atoms with Gasteiger partial charge in [-0.25, -0.2) is 0 Å². The molecule has 0 aliphatic rings. The number of nitrogens with one attached hydrogen (secondary N) is 1. The predicted molar refractivity (Wildman–Crippen MR) is 61.9 cm³/mol. The van der Waals surface area contributed by atoms with Crippen LogP contribution in [0.5, 0.6) is 0 Å². The van der Waals surface area contributed by atoms with Crippen LogP contribution in [0.2, 0.25) is 0 Å². The molecular weight excluding hydrogens is 170 g/mol. The summed E-state index contributed by atoms with van der Waals surface area (Å²) in [4.78, 5) is 0. The molecule has 0 unspecified atom stereocenters. The molecule has 0 radical (unpaired) electrons. The SMILES string of the molecule is CC(C)(C)NC=C=Cc1ccccc1. The highest BCUT2D eigenvalue weighted by Crippen LogP contribution is 2.00. The van der Waals surface area contributed by atoms with Gasteiger partial charge in [-0.05, 0) is 32.4 Å². The van der Waals surface area contributed by atoms with Crippen molar-refractivity contribution in [3.63, 3.8) is 0 Å². The van der Waals surface area contributed by atoms with Crippen molar-refractivity contribution in [1.82, 2.24) is 5.32 Å². The standard InChI is InChI=1S/C13H17N/c1-13(2,3)14-11-7-10-12-8-5-4-6-9-12/h4-6,8-11,14H,1-3H3. The van der Waals surface area contributed by atoms with Crippen LogP contribution in [-0.4, -0.2) is 5.54 Å². The summed E-state index contributed by atoms with van der Waals surface area (Å²) in [7, 11) is 0. The van der Waals surface area contributed by atoms with Crippen molar-refractivity contribution in [1.29, 1.82) is 0 Å². The van der Waals surface area contributed by atoms with E-state index < -0.39 is 0 Å². The van der Waals surface area contributed by atoms with Crippen molar-refractivity contribution in [2.24, 2.45) is 0 Å². The van der Waals surface area contributed by atoms with E-state index in [0.29, 0.717) is 0 Å². The first-order valence-corrected chi connectivity index (χ1v) is 4.82. The molecule has 0 aromatic heterocycles. The number of hydrogen-bond acceptors (Lipinski definition) is 1. The Balaban J connectivity index is 2.57. The fourth-order valence-electron chi connectivity index (χ4n) is 0.945. The summed E-state index contributed by atoms with van der Waals surface area (Å²) in [5, 5.41) is 3.22. The van der Waals surface area contributed by atoms with Crippen LogP contribution in [0, 0.1) is 0 Å². The molecule has 14 heavy (non-hydrogen) atoms. The fourth-order valence-corrected chi connectivity index (χ4v) is 0.945. The predicted octanol–water partition coefficient (Wildman–Crippen LogP) is 3.20. The summed E-state index contributed by atoms with van der Waals surface area (Å²) in [6, 6.07) is 10.2. The van der Waals surface area contributed by atoms with Crippen LogP contribution < -0.4 is 5.32 Å². The highest BCUT2D eigenvalue weighted by molar-refractivity contribution is 5.47. The maximum atomic E-state index is 3.22. The molecule has 1 rings (SSSR count). The van der Waals surface area contributed by atoms with Gasteiger partial charge in [-0.1, -0.05) is 30.3 Å². The normalized spacial score (nSPS) is 10.2. The van der Waals surface area contributed by atoms with Gasteiger partial charge in [-0.3, -0.25) is 0 Å². The Hall–Kier alpha value is -1.46. The van der Waals surface area contributed by atoms with E-state index in [2.05, 4.69) is 44.0 Å². The second kappa shape index (κ2) is 4.69. The maximum absolute atomic E-state index is 3.22. The topological polar surface area (TPSA) is 12.0 Å². The summed E-state index contributed by atoms with van der Waals surface area (Å²) in [5.41, 5.74) is 4.37. The van der Waals surface area contributed by atoms with Crippen molar-refractivity contribution >= 4 is 6.08 Å². The monoisotopic (exact) mass is 187 g/mol. The molecule has 1 N–H and O–H groups in total. The minimum absolute atomic E-state index is 0.109. The third-order valence-electron chi connectivity index (χ3n) is 1.64. The van der Waals surface area contributed by atoms with Gasteiger partial charge in [0.25, 0.3) is 0 Å². The average Bonchev–Trinajstić information content (AvgIpc) is 2.13. The lowest BCUT2D eigenvalue weighted by Gasteiger charge is -2.17. The third kappa shape index (κ3) is 4.54. The molecule has 0 saturated heterocycles. The number of benzene rings is 1. The maximum Gasteiger partial charge on any atom is 0.0402 e. The first-order chi connectivity index (χ1) is 6.58. The molecule has 0 atom stereocenters. The van der Waals surface area contributed by atoms with Gasteiger partial charge in [0.15, 0.2) is 0 Å². The minimum Gasteiger partial charge on any atom is -0.380 e. The first-order valence-electron chi connectivity index (χ1n) is 4.82. The highest BCUT2D eigenvalue weighted by atomic mass is 14.9. The molecule has 0 bridgehead atoms. The Morgan fingerprint density at radius 1 is 1.14 bits per heavy atom. The van der Waals surface area contributed by atoms with Crippen molar-refractivity contribution in [3.8, 4) is 0 Å². The zero-order chi connectivity index (χ0) is 10.4. The number of hydrogen-bond donors (Lipinski definition) is 1. The van der Waals surface area contributed by atoms with Gasteiger partial charge in [0.2, 0.25) is 0 Å². The van der Waals surface area contributed by atoms with Crippen molar-refractivity contribution in [3.05, 3.63) is 47.8 Å². The van der Waals surface area contributed by atoms with Gasteiger partial charge in [0.05, 0.1) is 0 Å². The molecular formula is C13H17N. The zero-order valence-electron chi connectivity index (χ0n) is 9.04. The molecule has 1 aromatic rings. The molecule has 1 nitrogen and oxygen atoms in total. The lowest BCUT2D eigenvalue weighted by Crippen LogP contribution is -2.30. The molecule has 0 amide bonds. The smallest absolute Gasteiger partial charge is 0.0402 e. The van der Waals surface area contributed by atoms with Gasteiger partial charge in [-0.2, -0.15) is 0 Å². The molecule has 0 saturated carbocycles. The van der Waals surface area contributed by atoms with E-state index in [1.54, 1.807) is 0 Å². The lowest BCUT2D eigenvalue weighted by molar-refractivity contribution is 0.491. The summed E-state index contributed by atoms with van der Waals surface area (Å²) >= 11 is 0. The molecule has 0 aliphatic carbocycles. The van der Waals surface area contributed by atoms with Gasteiger partial charge >= 0.3 is 0 Å². The Morgan fingerprint density at radius 3 is 2.36 bits per heavy atom. The summed E-state index contributed by atoms with van der Waals surface area (Å²) in [6.45, 7) is 6.36. The van der Waals surface area contributed by atoms with Gasteiger partial charge < -0.3 is 5.32 Å². The van der Waals surface area contributed by atoms with Crippen LogP contribution in [0.4, 0.5) is 0 Å². The number of rotatable bonds is 2. The first kappa shape index (κ1) is 10.6. The second-order valence-electron chi connectivity index (χ2n) is 4.26. The van der Waals surface area contributed by atoms with Crippen LogP contribution in [0.25, 0.3) is 6.08 Å². The van der Waals surface area contributed by atoms with Crippen LogP contribution in [0.1, 0.15) is 26.3 Å². The van der Waals surface area contributed by atoms with E-state index in [1.807, 2.05) is 30.5 Å². The third-order valence-corrected chi connectivity index (χ3v) is 1.64. The van der Waals surface area contributed by atoms with Crippen LogP contribution in [0.15, 0.2) is 42.3 Å². The minimum atomic E-state index is 0.109. The summed E-state index contributed by atoms with van der Waals surface area (Å²) < 4.78 is 0. The summed E-state index contributed by atoms with van der Waals surface area (Å²) in [5.74, 6) is 0. The van der Waals surface area contributed by atoms with Gasteiger partial charge in [0, 0.05) is 11.7 Å². The van der Waals surface area contributed by atoms with E-state index in [4.69, 9.17) is 0 Å². The van der Waals surface area contributed by atoms with Gasteiger partial charge in [0.1, 0.15) is 0 Å². The molecule has 0 heterocycles. The van der Waals surface area contributed by atoms with Crippen molar-refractivity contribution in [2.75, 3.05) is 0 Å². The largest absolute Gasteiger partial charge is 0.380 e. The summed E-state index contributed by atoms with van der Waals surface area (Å²) in [6.07, 6.45) is 3.81. The second-order valence-corrected chi connectivity index (χ2v) is 4.26.